The Hall–Kier alpha value is -1.42. The molecular formula is C14H21N3O. The van der Waals surface area contributed by atoms with Crippen LogP contribution in [0.3, 0.4) is 0 Å². The van der Waals surface area contributed by atoms with E-state index >= 15 is 0 Å². The van der Waals surface area contributed by atoms with Crippen molar-refractivity contribution in [2.75, 3.05) is 13.1 Å². The van der Waals surface area contributed by atoms with Crippen molar-refractivity contribution in [1.82, 2.24) is 9.88 Å². The summed E-state index contributed by atoms with van der Waals surface area (Å²) in [6.45, 7) is 7.62. The third-order valence-electron chi connectivity index (χ3n) is 3.72. The van der Waals surface area contributed by atoms with E-state index in [4.69, 9.17) is 5.73 Å². The Bertz CT molecular complexity index is 456. The molecule has 2 N–H and O–H groups in total. The van der Waals surface area contributed by atoms with Gasteiger partial charge in [-0.1, -0.05) is 13.8 Å². The van der Waals surface area contributed by atoms with Gasteiger partial charge in [-0.15, -0.1) is 0 Å². The maximum absolute atomic E-state index is 12.4. The average molecular weight is 247 g/mol. The van der Waals surface area contributed by atoms with E-state index < -0.39 is 0 Å². The minimum atomic E-state index is -0.0227. The molecule has 0 saturated carbocycles. The molecule has 0 aliphatic carbocycles. The van der Waals surface area contributed by atoms with E-state index in [0.717, 1.165) is 18.5 Å². The number of amides is 1. The zero-order chi connectivity index (χ0) is 13.3. The maximum atomic E-state index is 12.4. The molecule has 1 saturated heterocycles. The van der Waals surface area contributed by atoms with E-state index in [1.165, 1.54) is 0 Å². The van der Waals surface area contributed by atoms with Crippen LogP contribution in [0.2, 0.25) is 0 Å². The second-order valence-corrected chi connectivity index (χ2v) is 5.86. The highest BCUT2D eigenvalue weighted by Crippen LogP contribution is 2.28. The fourth-order valence-corrected chi connectivity index (χ4v) is 2.40. The molecule has 0 bridgehead atoms. The van der Waals surface area contributed by atoms with Crippen LogP contribution >= 0.6 is 0 Å². The highest BCUT2D eigenvalue weighted by Gasteiger charge is 2.35. The zero-order valence-electron chi connectivity index (χ0n) is 11.3. The summed E-state index contributed by atoms with van der Waals surface area (Å²) in [5, 5.41) is 0. The van der Waals surface area contributed by atoms with Crippen molar-refractivity contribution in [2.45, 2.75) is 33.2 Å². The summed E-state index contributed by atoms with van der Waals surface area (Å²) < 4.78 is 0. The highest BCUT2D eigenvalue weighted by atomic mass is 16.2. The Morgan fingerprint density at radius 3 is 2.83 bits per heavy atom. The molecule has 4 nitrogen and oxygen atoms in total. The lowest BCUT2D eigenvalue weighted by molar-refractivity contribution is 0.0532. The normalized spacial score (nSPS) is 22.9. The van der Waals surface area contributed by atoms with Crippen LogP contribution in [0.25, 0.3) is 0 Å². The number of aromatic nitrogens is 1. The molecule has 1 atom stereocenters. The van der Waals surface area contributed by atoms with E-state index in [2.05, 4.69) is 18.8 Å². The fraction of sp³-hybridized carbons (Fsp3) is 0.571. The molecule has 0 aromatic carbocycles. The number of pyridine rings is 1. The van der Waals surface area contributed by atoms with Gasteiger partial charge in [0, 0.05) is 31.5 Å². The molecule has 0 spiro atoms. The van der Waals surface area contributed by atoms with Gasteiger partial charge in [-0.05, 0) is 30.4 Å². The van der Waals surface area contributed by atoms with Gasteiger partial charge in [0.25, 0.3) is 5.91 Å². The SMILES string of the molecule is Cc1cncc(C(=O)N2CCC(N)C(C)(C)C2)c1. The van der Waals surface area contributed by atoms with Gasteiger partial charge in [0.05, 0.1) is 5.56 Å². The van der Waals surface area contributed by atoms with Crippen LogP contribution < -0.4 is 5.73 Å². The van der Waals surface area contributed by atoms with Crippen molar-refractivity contribution < 1.29 is 4.79 Å². The van der Waals surface area contributed by atoms with Crippen molar-refractivity contribution in [3.05, 3.63) is 29.6 Å². The number of carbonyl (C=O) groups is 1. The van der Waals surface area contributed by atoms with Crippen LogP contribution in [0.15, 0.2) is 18.5 Å². The van der Waals surface area contributed by atoms with Crippen molar-refractivity contribution in [1.29, 1.82) is 0 Å². The average Bonchev–Trinajstić information content (AvgIpc) is 2.31. The first kappa shape index (κ1) is 13.0. The summed E-state index contributed by atoms with van der Waals surface area (Å²) in [4.78, 5) is 18.4. The molecule has 1 aliphatic heterocycles. The number of aryl methyl sites for hydroxylation is 1. The number of nitrogens with zero attached hydrogens (tertiary/aromatic N) is 2. The summed E-state index contributed by atoms with van der Waals surface area (Å²) in [6, 6.07) is 2.05. The van der Waals surface area contributed by atoms with Gasteiger partial charge in [-0.3, -0.25) is 9.78 Å². The number of rotatable bonds is 1. The van der Waals surface area contributed by atoms with Gasteiger partial charge in [-0.2, -0.15) is 0 Å². The van der Waals surface area contributed by atoms with Crippen LogP contribution in [-0.2, 0) is 0 Å². The highest BCUT2D eigenvalue weighted by molar-refractivity contribution is 5.94. The Morgan fingerprint density at radius 2 is 2.22 bits per heavy atom. The van der Waals surface area contributed by atoms with Crippen molar-refractivity contribution in [3.63, 3.8) is 0 Å². The second kappa shape index (κ2) is 4.69. The molecule has 4 heteroatoms. The number of nitrogens with two attached hydrogens (primary N) is 1. The monoisotopic (exact) mass is 247 g/mol. The molecule has 98 valence electrons. The topological polar surface area (TPSA) is 59.2 Å². The largest absolute Gasteiger partial charge is 0.338 e. The lowest BCUT2D eigenvalue weighted by Crippen LogP contribution is -2.54. The summed E-state index contributed by atoms with van der Waals surface area (Å²) in [5.74, 6) is 0.0613. The van der Waals surface area contributed by atoms with E-state index in [1.807, 2.05) is 17.9 Å². The standard InChI is InChI=1S/C14H21N3O/c1-10-6-11(8-16-7-10)13(18)17-5-4-12(15)14(2,3)9-17/h6-8,12H,4-5,9,15H2,1-3H3. The number of hydrogen-bond donors (Lipinski definition) is 1. The van der Waals surface area contributed by atoms with Crippen molar-refractivity contribution >= 4 is 5.91 Å². The van der Waals surface area contributed by atoms with E-state index in [1.54, 1.807) is 12.4 Å². The predicted octanol–water partition coefficient (Wildman–Crippen LogP) is 1.59. The molecule has 1 aliphatic rings. The zero-order valence-corrected chi connectivity index (χ0v) is 11.3. The lowest BCUT2D eigenvalue weighted by Gasteiger charge is -2.42. The molecule has 1 aromatic rings. The summed E-state index contributed by atoms with van der Waals surface area (Å²) in [7, 11) is 0. The van der Waals surface area contributed by atoms with Gasteiger partial charge in [0.15, 0.2) is 0 Å². The number of piperidine rings is 1. The Labute approximate surface area is 108 Å². The van der Waals surface area contributed by atoms with Crippen molar-refractivity contribution in [3.8, 4) is 0 Å². The smallest absolute Gasteiger partial charge is 0.255 e. The van der Waals surface area contributed by atoms with Gasteiger partial charge in [-0.25, -0.2) is 0 Å². The lowest BCUT2D eigenvalue weighted by atomic mass is 9.79. The first-order valence-electron chi connectivity index (χ1n) is 6.37. The van der Waals surface area contributed by atoms with Crippen LogP contribution in [0, 0.1) is 12.3 Å². The molecule has 1 fully saturated rings. The van der Waals surface area contributed by atoms with Crippen LogP contribution in [0.5, 0.6) is 0 Å². The third kappa shape index (κ3) is 2.53. The third-order valence-corrected chi connectivity index (χ3v) is 3.72. The second-order valence-electron chi connectivity index (χ2n) is 5.86. The van der Waals surface area contributed by atoms with Crippen LogP contribution in [0.4, 0.5) is 0 Å². The minimum absolute atomic E-state index is 0.0227. The van der Waals surface area contributed by atoms with E-state index in [-0.39, 0.29) is 17.4 Å². The molecule has 2 heterocycles. The molecule has 2 rings (SSSR count). The number of carbonyl (C=O) groups excluding carboxylic acids is 1. The van der Waals surface area contributed by atoms with Gasteiger partial charge in [0.2, 0.25) is 0 Å². The molecule has 18 heavy (non-hydrogen) atoms. The van der Waals surface area contributed by atoms with Gasteiger partial charge < -0.3 is 10.6 Å². The van der Waals surface area contributed by atoms with Gasteiger partial charge >= 0.3 is 0 Å². The predicted molar refractivity (Wildman–Crippen MR) is 71.3 cm³/mol. The summed E-state index contributed by atoms with van der Waals surface area (Å²) in [6.07, 6.45) is 4.25. The first-order valence-corrected chi connectivity index (χ1v) is 6.37. The number of hydrogen-bond acceptors (Lipinski definition) is 3. The fourth-order valence-electron chi connectivity index (χ4n) is 2.40. The Balaban J connectivity index is 2.15. The maximum Gasteiger partial charge on any atom is 0.255 e. The Kier molecular flexibility index (Phi) is 3.39. The van der Waals surface area contributed by atoms with Crippen LogP contribution in [-0.4, -0.2) is 34.9 Å². The molecule has 1 unspecified atom stereocenters. The Morgan fingerprint density at radius 1 is 1.50 bits per heavy atom. The van der Waals surface area contributed by atoms with E-state index in [9.17, 15) is 4.79 Å². The molecule has 1 amide bonds. The quantitative estimate of drug-likeness (QED) is 0.820. The van der Waals surface area contributed by atoms with E-state index in [0.29, 0.717) is 12.1 Å². The van der Waals surface area contributed by atoms with Crippen molar-refractivity contribution in [2.24, 2.45) is 11.1 Å². The number of likely N-dealkylation sites (tertiary alicyclic amines) is 1. The van der Waals surface area contributed by atoms with Gasteiger partial charge in [0.1, 0.15) is 0 Å². The molecule has 0 radical (unpaired) electrons. The minimum Gasteiger partial charge on any atom is -0.338 e. The molecule has 1 aromatic heterocycles. The molecular weight excluding hydrogens is 226 g/mol. The van der Waals surface area contributed by atoms with Crippen LogP contribution in [0.1, 0.15) is 36.2 Å². The summed E-state index contributed by atoms with van der Waals surface area (Å²) >= 11 is 0. The first-order chi connectivity index (χ1) is 8.40. The summed E-state index contributed by atoms with van der Waals surface area (Å²) in [5.41, 5.74) is 7.74.